The van der Waals surface area contributed by atoms with Gasteiger partial charge in [-0.3, -0.25) is 14.4 Å². The maximum atomic E-state index is 11.7. The van der Waals surface area contributed by atoms with E-state index in [0.29, 0.717) is 12.8 Å². The van der Waals surface area contributed by atoms with Crippen molar-refractivity contribution in [3.8, 4) is 0 Å². The molecule has 2 atom stereocenters. The molecular weight excluding hydrogens is 238 g/mol. The Labute approximate surface area is 104 Å². The predicted molar refractivity (Wildman–Crippen MR) is 62.2 cm³/mol. The summed E-state index contributed by atoms with van der Waals surface area (Å²) in [4.78, 5) is 44.7. The molecule has 0 aliphatic carbocycles. The summed E-state index contributed by atoms with van der Waals surface area (Å²) in [5, 5.41) is 4.95. The lowest BCUT2D eigenvalue weighted by molar-refractivity contribution is -0.129. The first-order valence-electron chi connectivity index (χ1n) is 5.78. The minimum Gasteiger partial charge on any atom is -0.368 e. The Morgan fingerprint density at radius 2 is 2.17 bits per heavy atom. The van der Waals surface area contributed by atoms with Gasteiger partial charge in [-0.15, -0.1) is 0 Å². The highest BCUT2D eigenvalue weighted by Crippen LogP contribution is 2.07. The molecule has 3 amide bonds. The highest BCUT2D eigenvalue weighted by atomic mass is 16.2. The summed E-state index contributed by atoms with van der Waals surface area (Å²) in [6.45, 7) is 1.40. The van der Waals surface area contributed by atoms with Crippen LogP contribution in [0.1, 0.15) is 32.6 Å². The van der Waals surface area contributed by atoms with Crippen LogP contribution in [0.2, 0.25) is 0 Å². The summed E-state index contributed by atoms with van der Waals surface area (Å²) in [5.41, 5.74) is 5.14. The lowest BCUT2D eigenvalue weighted by Crippen LogP contribution is -2.50. The topological polar surface area (TPSA) is 118 Å². The lowest BCUT2D eigenvalue weighted by atomic mass is 10.1. The fourth-order valence-corrected chi connectivity index (χ4v) is 1.72. The summed E-state index contributed by atoms with van der Waals surface area (Å²) in [6, 6.07) is -1.49. The number of hydrogen-bond donors (Lipinski definition) is 3. The smallest absolute Gasteiger partial charge is 0.243 e. The van der Waals surface area contributed by atoms with Gasteiger partial charge in [0.1, 0.15) is 17.9 Å². The number of primary amides is 1. The zero-order valence-electron chi connectivity index (χ0n) is 10.2. The number of carbonyl (C=O) groups excluding carboxylic acids is 4. The van der Waals surface area contributed by atoms with Crippen LogP contribution in [0.4, 0.5) is 0 Å². The number of carbonyl (C=O) groups is 4. The van der Waals surface area contributed by atoms with E-state index < -0.39 is 23.9 Å². The van der Waals surface area contributed by atoms with Crippen LogP contribution in [-0.2, 0) is 19.2 Å². The first-order chi connectivity index (χ1) is 8.40. The third-order valence-electron chi connectivity index (χ3n) is 2.76. The summed E-state index contributed by atoms with van der Waals surface area (Å²) < 4.78 is 0. The Kier molecular flexibility index (Phi) is 4.82. The Hall–Kier alpha value is -1.92. The van der Waals surface area contributed by atoms with E-state index in [1.165, 1.54) is 6.92 Å². The van der Waals surface area contributed by atoms with E-state index >= 15 is 0 Å². The third kappa shape index (κ3) is 4.15. The molecule has 0 bridgehead atoms. The molecule has 0 aromatic carbocycles. The monoisotopic (exact) mass is 255 g/mol. The molecule has 0 spiro atoms. The summed E-state index contributed by atoms with van der Waals surface area (Å²) in [5.74, 6) is -1.39. The predicted octanol–water partition coefficient (Wildman–Crippen LogP) is -1.40. The minimum absolute atomic E-state index is 0.0790. The fourth-order valence-electron chi connectivity index (χ4n) is 1.72. The standard InChI is InChI=1S/C11H17N3O4/c1-6(15)2-3-7(10(12)17)14-11(18)8-4-5-9(16)13-8/h7-8H,2-5H2,1H3,(H2,12,17)(H,13,16)(H,14,18)/t7-,8+/m1/s1. The van der Waals surface area contributed by atoms with Crippen LogP contribution in [-0.4, -0.2) is 35.6 Å². The van der Waals surface area contributed by atoms with Gasteiger partial charge >= 0.3 is 0 Å². The number of Topliss-reactive ketones (excluding diaryl/α,β-unsaturated/α-hetero) is 1. The second-order valence-corrected chi connectivity index (χ2v) is 4.36. The number of nitrogens with two attached hydrogens (primary N) is 1. The van der Waals surface area contributed by atoms with Crippen molar-refractivity contribution in [2.24, 2.45) is 5.73 Å². The van der Waals surface area contributed by atoms with E-state index in [1.54, 1.807) is 0 Å². The summed E-state index contributed by atoms with van der Waals surface area (Å²) in [6.07, 6.45) is 1.05. The van der Waals surface area contributed by atoms with Crippen LogP contribution in [0.25, 0.3) is 0 Å². The molecule has 100 valence electrons. The van der Waals surface area contributed by atoms with E-state index in [-0.39, 0.29) is 24.5 Å². The van der Waals surface area contributed by atoms with Crippen molar-refractivity contribution in [3.63, 3.8) is 0 Å². The first kappa shape index (κ1) is 14.1. The van der Waals surface area contributed by atoms with Gasteiger partial charge in [-0.2, -0.15) is 0 Å². The Morgan fingerprint density at radius 3 is 2.61 bits per heavy atom. The molecule has 0 aromatic rings. The number of rotatable bonds is 6. The molecule has 1 fully saturated rings. The Bertz CT molecular complexity index is 380. The summed E-state index contributed by atoms with van der Waals surface area (Å²) >= 11 is 0. The molecule has 1 aliphatic heterocycles. The van der Waals surface area contributed by atoms with E-state index in [0.717, 1.165) is 0 Å². The quantitative estimate of drug-likeness (QED) is 0.541. The molecular formula is C11H17N3O4. The maximum Gasteiger partial charge on any atom is 0.243 e. The van der Waals surface area contributed by atoms with Gasteiger partial charge in [0.2, 0.25) is 17.7 Å². The van der Waals surface area contributed by atoms with Gasteiger partial charge in [0, 0.05) is 12.8 Å². The molecule has 1 aliphatic rings. The Morgan fingerprint density at radius 1 is 1.50 bits per heavy atom. The molecule has 7 nitrogen and oxygen atoms in total. The van der Waals surface area contributed by atoms with Crippen molar-refractivity contribution in [2.75, 3.05) is 0 Å². The molecule has 0 aromatic heterocycles. The number of ketones is 1. The first-order valence-corrected chi connectivity index (χ1v) is 5.78. The average Bonchev–Trinajstić information content (AvgIpc) is 2.70. The SMILES string of the molecule is CC(=O)CC[C@@H](NC(=O)[C@@H]1CCC(=O)N1)C(N)=O. The van der Waals surface area contributed by atoms with Crippen LogP contribution in [0.3, 0.4) is 0 Å². The van der Waals surface area contributed by atoms with E-state index in [9.17, 15) is 19.2 Å². The van der Waals surface area contributed by atoms with E-state index in [4.69, 9.17) is 5.73 Å². The highest BCUT2D eigenvalue weighted by Gasteiger charge is 2.29. The van der Waals surface area contributed by atoms with Crippen molar-refractivity contribution >= 4 is 23.5 Å². The van der Waals surface area contributed by atoms with Crippen molar-refractivity contribution in [3.05, 3.63) is 0 Å². The van der Waals surface area contributed by atoms with Gasteiger partial charge in [0.15, 0.2) is 0 Å². The number of nitrogens with one attached hydrogen (secondary N) is 2. The molecule has 1 rings (SSSR count). The second kappa shape index (κ2) is 6.13. The molecule has 1 heterocycles. The van der Waals surface area contributed by atoms with E-state index in [1.807, 2.05) is 0 Å². The van der Waals surface area contributed by atoms with Gasteiger partial charge in [-0.25, -0.2) is 0 Å². The normalized spacial score (nSPS) is 20.1. The van der Waals surface area contributed by atoms with Crippen molar-refractivity contribution in [2.45, 2.75) is 44.7 Å². The average molecular weight is 255 g/mol. The molecule has 18 heavy (non-hydrogen) atoms. The maximum absolute atomic E-state index is 11.7. The van der Waals surface area contributed by atoms with Gasteiger partial charge in [-0.1, -0.05) is 0 Å². The lowest BCUT2D eigenvalue weighted by Gasteiger charge is -2.17. The fraction of sp³-hybridized carbons (Fsp3) is 0.636. The molecule has 1 saturated heterocycles. The molecule has 7 heteroatoms. The molecule has 0 saturated carbocycles. The van der Waals surface area contributed by atoms with E-state index in [2.05, 4.69) is 10.6 Å². The molecule has 4 N–H and O–H groups in total. The van der Waals surface area contributed by atoms with Gasteiger partial charge in [-0.05, 0) is 19.8 Å². The molecule has 0 radical (unpaired) electrons. The zero-order valence-corrected chi connectivity index (χ0v) is 10.2. The van der Waals surface area contributed by atoms with Crippen molar-refractivity contribution < 1.29 is 19.2 Å². The highest BCUT2D eigenvalue weighted by molar-refractivity contribution is 5.93. The van der Waals surface area contributed by atoms with Crippen molar-refractivity contribution in [1.29, 1.82) is 0 Å². The summed E-state index contributed by atoms with van der Waals surface area (Å²) in [7, 11) is 0. The van der Waals surface area contributed by atoms with Crippen LogP contribution in [0.5, 0.6) is 0 Å². The zero-order chi connectivity index (χ0) is 13.7. The van der Waals surface area contributed by atoms with Gasteiger partial charge < -0.3 is 21.2 Å². The van der Waals surface area contributed by atoms with Gasteiger partial charge in [0.25, 0.3) is 0 Å². The van der Waals surface area contributed by atoms with Crippen LogP contribution >= 0.6 is 0 Å². The minimum atomic E-state index is -0.876. The number of amides is 3. The van der Waals surface area contributed by atoms with Crippen LogP contribution in [0.15, 0.2) is 0 Å². The van der Waals surface area contributed by atoms with Gasteiger partial charge in [0.05, 0.1) is 0 Å². The second-order valence-electron chi connectivity index (χ2n) is 4.36. The Balaban J connectivity index is 2.49. The molecule has 0 unspecified atom stereocenters. The van der Waals surface area contributed by atoms with Crippen LogP contribution < -0.4 is 16.4 Å². The third-order valence-corrected chi connectivity index (χ3v) is 2.76. The van der Waals surface area contributed by atoms with Crippen LogP contribution in [0, 0.1) is 0 Å². The largest absolute Gasteiger partial charge is 0.368 e. The number of hydrogen-bond acceptors (Lipinski definition) is 4. The van der Waals surface area contributed by atoms with Crippen molar-refractivity contribution in [1.82, 2.24) is 10.6 Å².